The van der Waals surface area contributed by atoms with Gasteiger partial charge in [0.25, 0.3) is 0 Å². The van der Waals surface area contributed by atoms with Crippen LogP contribution in [0.5, 0.6) is 11.5 Å². The molecule has 0 radical (unpaired) electrons. The summed E-state index contributed by atoms with van der Waals surface area (Å²) < 4.78 is 12.8. The van der Waals surface area contributed by atoms with E-state index in [-0.39, 0.29) is 12.7 Å². The molecule has 1 amide bonds. The van der Waals surface area contributed by atoms with Crippen LogP contribution in [0.2, 0.25) is 0 Å². The van der Waals surface area contributed by atoms with E-state index < -0.39 is 0 Å². The molecule has 0 aliphatic carbocycles. The van der Waals surface area contributed by atoms with Crippen LogP contribution in [-0.4, -0.2) is 40.0 Å². The Bertz CT molecular complexity index is 1050. The summed E-state index contributed by atoms with van der Waals surface area (Å²) in [6, 6.07) is 12.1. The van der Waals surface area contributed by atoms with E-state index in [1.54, 1.807) is 11.1 Å². The van der Waals surface area contributed by atoms with Crippen LogP contribution in [0.4, 0.5) is 0 Å². The van der Waals surface area contributed by atoms with Crippen LogP contribution < -0.4 is 9.47 Å². The normalized spacial score (nSPS) is 12.2. The minimum absolute atomic E-state index is 0.0446. The topological polar surface area (TPSA) is 56.6 Å². The van der Waals surface area contributed by atoms with Crippen LogP contribution in [0, 0.1) is 13.8 Å². The first-order chi connectivity index (χ1) is 14.0. The number of carbonyl (C=O) groups is 1. The van der Waals surface area contributed by atoms with Crippen molar-refractivity contribution < 1.29 is 14.3 Å². The van der Waals surface area contributed by atoms with E-state index in [0.29, 0.717) is 12.3 Å². The molecule has 2 aromatic carbocycles. The fraction of sp³-hybridized carbons (Fsp3) is 0.273. The van der Waals surface area contributed by atoms with Gasteiger partial charge in [0.15, 0.2) is 16.7 Å². The van der Waals surface area contributed by atoms with Crippen LogP contribution in [-0.2, 0) is 11.3 Å². The van der Waals surface area contributed by atoms with Gasteiger partial charge in [-0.2, -0.15) is 0 Å². The van der Waals surface area contributed by atoms with Crippen molar-refractivity contribution in [3.63, 3.8) is 0 Å². The molecule has 0 spiro atoms. The summed E-state index contributed by atoms with van der Waals surface area (Å²) in [5.74, 6) is 1.84. The fourth-order valence-corrected chi connectivity index (χ4v) is 4.10. The molecule has 1 aliphatic heterocycles. The first-order valence-corrected chi connectivity index (χ1v) is 10.4. The summed E-state index contributed by atoms with van der Waals surface area (Å²) in [4.78, 5) is 18.8. The second kappa shape index (κ2) is 8.21. The molecule has 4 rings (SSSR count). The number of nitrogens with zero attached hydrogens (tertiary/aromatic N) is 3. The van der Waals surface area contributed by atoms with E-state index in [1.807, 2.05) is 36.0 Å². The number of fused-ring (bicyclic) bond motifs is 1. The van der Waals surface area contributed by atoms with Gasteiger partial charge in [-0.15, -0.1) is 0 Å². The van der Waals surface area contributed by atoms with Crippen molar-refractivity contribution in [3.05, 3.63) is 65.5 Å². The molecular formula is C22H23N3O3S. The molecule has 1 aromatic heterocycles. The number of imidazole rings is 1. The van der Waals surface area contributed by atoms with Gasteiger partial charge < -0.3 is 14.4 Å². The van der Waals surface area contributed by atoms with E-state index in [0.717, 1.165) is 27.9 Å². The molecule has 3 aromatic rings. The Morgan fingerprint density at radius 3 is 2.86 bits per heavy atom. The van der Waals surface area contributed by atoms with Crippen molar-refractivity contribution >= 4 is 17.7 Å². The van der Waals surface area contributed by atoms with Crippen molar-refractivity contribution in [2.45, 2.75) is 25.5 Å². The van der Waals surface area contributed by atoms with Crippen molar-refractivity contribution in [3.8, 4) is 17.2 Å². The molecule has 0 atom stereocenters. The average Bonchev–Trinajstić information content (AvgIpc) is 3.36. The number of benzene rings is 2. The van der Waals surface area contributed by atoms with Crippen LogP contribution in [0.25, 0.3) is 5.69 Å². The zero-order valence-corrected chi connectivity index (χ0v) is 17.5. The highest BCUT2D eigenvalue weighted by Gasteiger charge is 2.17. The number of aryl methyl sites for hydroxylation is 2. The van der Waals surface area contributed by atoms with Gasteiger partial charge in [-0.1, -0.05) is 30.0 Å². The van der Waals surface area contributed by atoms with Crippen molar-refractivity contribution in [2.75, 3.05) is 19.6 Å². The Morgan fingerprint density at radius 2 is 2.00 bits per heavy atom. The molecule has 150 valence electrons. The Hall–Kier alpha value is -2.93. The second-order valence-corrected chi connectivity index (χ2v) is 8.04. The average molecular weight is 410 g/mol. The Labute approximate surface area is 174 Å². The van der Waals surface area contributed by atoms with Crippen molar-refractivity contribution in [1.82, 2.24) is 14.5 Å². The maximum Gasteiger partial charge on any atom is 0.233 e. The van der Waals surface area contributed by atoms with Gasteiger partial charge in [0.05, 0.1) is 11.4 Å². The number of aromatic nitrogens is 2. The maximum absolute atomic E-state index is 12.7. The van der Waals surface area contributed by atoms with E-state index in [9.17, 15) is 4.79 Å². The van der Waals surface area contributed by atoms with E-state index in [4.69, 9.17) is 9.47 Å². The molecule has 0 saturated carbocycles. The fourth-order valence-electron chi connectivity index (χ4n) is 3.20. The number of hydrogen-bond acceptors (Lipinski definition) is 5. The van der Waals surface area contributed by atoms with Gasteiger partial charge in [0.2, 0.25) is 12.7 Å². The Balaban J connectivity index is 1.40. The first-order valence-electron chi connectivity index (χ1n) is 9.37. The second-order valence-electron chi connectivity index (χ2n) is 7.10. The van der Waals surface area contributed by atoms with Crippen molar-refractivity contribution in [1.29, 1.82) is 0 Å². The lowest BCUT2D eigenvalue weighted by Crippen LogP contribution is -2.27. The van der Waals surface area contributed by atoms with Gasteiger partial charge >= 0.3 is 0 Å². The van der Waals surface area contributed by atoms with Crippen LogP contribution in [0.15, 0.2) is 53.9 Å². The molecule has 1 aliphatic rings. The minimum Gasteiger partial charge on any atom is -0.454 e. The lowest BCUT2D eigenvalue weighted by atomic mass is 10.1. The number of amides is 1. The summed E-state index contributed by atoms with van der Waals surface area (Å²) in [5, 5.41) is 0.809. The summed E-state index contributed by atoms with van der Waals surface area (Å²) in [6.07, 6.45) is 3.70. The smallest absolute Gasteiger partial charge is 0.233 e. The summed E-state index contributed by atoms with van der Waals surface area (Å²) in [5.41, 5.74) is 4.45. The summed E-state index contributed by atoms with van der Waals surface area (Å²) >= 11 is 1.45. The zero-order chi connectivity index (χ0) is 20.4. The standard InChI is InChI=1S/C22H23N3O3S/c1-15-4-5-16(2)18(10-15)25-9-8-23-22(25)29-13-21(26)24(3)12-17-6-7-19-20(11-17)28-14-27-19/h4-11H,12-14H2,1-3H3. The highest BCUT2D eigenvalue weighted by molar-refractivity contribution is 7.99. The Kier molecular flexibility index (Phi) is 5.49. The lowest BCUT2D eigenvalue weighted by Gasteiger charge is -2.17. The van der Waals surface area contributed by atoms with Crippen molar-refractivity contribution in [2.24, 2.45) is 0 Å². The predicted octanol–water partition coefficient (Wildman–Crippen LogP) is 3.97. The van der Waals surface area contributed by atoms with Crippen LogP contribution in [0.3, 0.4) is 0 Å². The van der Waals surface area contributed by atoms with Gasteiger partial charge in [-0.05, 0) is 48.7 Å². The predicted molar refractivity (Wildman–Crippen MR) is 113 cm³/mol. The van der Waals surface area contributed by atoms with E-state index in [2.05, 4.69) is 37.0 Å². The number of hydrogen-bond donors (Lipinski definition) is 0. The monoisotopic (exact) mass is 409 g/mol. The van der Waals surface area contributed by atoms with Crippen LogP contribution in [0.1, 0.15) is 16.7 Å². The molecule has 6 nitrogen and oxygen atoms in total. The van der Waals surface area contributed by atoms with Gasteiger partial charge in [-0.25, -0.2) is 4.98 Å². The van der Waals surface area contributed by atoms with E-state index in [1.165, 1.54) is 22.9 Å². The molecule has 0 saturated heterocycles. The molecule has 0 fully saturated rings. The minimum atomic E-state index is 0.0446. The molecule has 0 unspecified atom stereocenters. The number of carbonyl (C=O) groups excluding carboxylic acids is 1. The molecule has 2 heterocycles. The highest BCUT2D eigenvalue weighted by atomic mass is 32.2. The van der Waals surface area contributed by atoms with E-state index >= 15 is 0 Å². The molecular weight excluding hydrogens is 386 g/mol. The third-order valence-electron chi connectivity index (χ3n) is 4.84. The molecule has 0 N–H and O–H groups in total. The van der Waals surface area contributed by atoms with Gasteiger partial charge in [0.1, 0.15) is 0 Å². The summed E-state index contributed by atoms with van der Waals surface area (Å²) in [7, 11) is 1.81. The Morgan fingerprint density at radius 1 is 1.17 bits per heavy atom. The van der Waals surface area contributed by atoms with Gasteiger partial charge in [0, 0.05) is 26.0 Å². The SMILES string of the molecule is Cc1ccc(C)c(-n2ccnc2SCC(=O)N(C)Cc2ccc3c(c2)OCO3)c1. The molecule has 7 heteroatoms. The van der Waals surface area contributed by atoms with Gasteiger partial charge in [-0.3, -0.25) is 9.36 Å². The van der Waals surface area contributed by atoms with Crippen LogP contribution >= 0.6 is 11.8 Å². The molecule has 0 bridgehead atoms. The lowest BCUT2D eigenvalue weighted by molar-refractivity contribution is -0.127. The largest absolute Gasteiger partial charge is 0.454 e. The third kappa shape index (κ3) is 4.24. The summed E-state index contributed by atoms with van der Waals surface area (Å²) in [6.45, 7) is 4.91. The number of thioether (sulfide) groups is 1. The highest BCUT2D eigenvalue weighted by Crippen LogP contribution is 2.32. The maximum atomic E-state index is 12.7. The zero-order valence-electron chi connectivity index (χ0n) is 16.7. The quantitative estimate of drug-likeness (QED) is 0.577. The number of ether oxygens (including phenoxy) is 2. The third-order valence-corrected chi connectivity index (χ3v) is 5.79. The number of rotatable bonds is 6. The molecule has 29 heavy (non-hydrogen) atoms. The first kappa shape index (κ1) is 19.4.